The SMILES string of the molecule is Cc1c(Cl)cccc1Nc1cc(N2CCN(c3ccccc3)CC2)ncn1. The van der Waals surface area contributed by atoms with Crippen LogP contribution in [-0.4, -0.2) is 36.1 Å². The first kappa shape index (κ1) is 17.6. The molecule has 0 radical (unpaired) electrons. The van der Waals surface area contributed by atoms with Gasteiger partial charge in [0.15, 0.2) is 0 Å². The summed E-state index contributed by atoms with van der Waals surface area (Å²) in [5.41, 5.74) is 3.25. The first-order chi connectivity index (χ1) is 13.2. The standard InChI is InChI=1S/C21H22ClN5/c1-16-18(22)8-5-9-19(16)25-20-14-21(24-15-23-20)27-12-10-26(11-13-27)17-6-3-2-4-7-17/h2-9,14-15H,10-13H2,1H3,(H,23,24,25). The maximum absolute atomic E-state index is 6.21. The van der Waals surface area contributed by atoms with Crippen molar-refractivity contribution in [3.63, 3.8) is 0 Å². The number of halogens is 1. The Hall–Kier alpha value is -2.79. The third-order valence-corrected chi connectivity index (χ3v) is 5.32. The van der Waals surface area contributed by atoms with Gasteiger partial charge in [-0.3, -0.25) is 0 Å². The van der Waals surface area contributed by atoms with Gasteiger partial charge in [-0.2, -0.15) is 0 Å². The molecule has 1 saturated heterocycles. The molecule has 1 fully saturated rings. The van der Waals surface area contributed by atoms with Crippen LogP contribution in [0.2, 0.25) is 5.02 Å². The van der Waals surface area contributed by atoms with E-state index in [9.17, 15) is 0 Å². The average molecular weight is 380 g/mol. The maximum Gasteiger partial charge on any atom is 0.135 e. The van der Waals surface area contributed by atoms with E-state index in [1.165, 1.54) is 5.69 Å². The quantitative estimate of drug-likeness (QED) is 0.722. The van der Waals surface area contributed by atoms with E-state index in [2.05, 4.69) is 55.4 Å². The van der Waals surface area contributed by atoms with Crippen molar-refractivity contribution in [1.29, 1.82) is 0 Å². The van der Waals surface area contributed by atoms with Crippen LogP contribution < -0.4 is 15.1 Å². The van der Waals surface area contributed by atoms with Crippen molar-refractivity contribution in [1.82, 2.24) is 9.97 Å². The van der Waals surface area contributed by atoms with E-state index in [1.807, 2.05) is 31.2 Å². The van der Waals surface area contributed by atoms with Crippen molar-refractivity contribution < 1.29 is 0 Å². The van der Waals surface area contributed by atoms with Crippen LogP contribution in [0.25, 0.3) is 0 Å². The molecule has 2 aromatic carbocycles. The second-order valence-electron chi connectivity index (χ2n) is 6.61. The van der Waals surface area contributed by atoms with E-state index < -0.39 is 0 Å². The summed E-state index contributed by atoms with van der Waals surface area (Å²) in [4.78, 5) is 13.5. The number of para-hydroxylation sites is 1. The zero-order valence-electron chi connectivity index (χ0n) is 15.3. The Morgan fingerprint density at radius 3 is 2.41 bits per heavy atom. The number of benzene rings is 2. The Morgan fingerprint density at radius 1 is 0.889 bits per heavy atom. The predicted octanol–water partition coefficient (Wildman–Crippen LogP) is 4.51. The topological polar surface area (TPSA) is 44.3 Å². The van der Waals surface area contributed by atoms with Crippen molar-refractivity contribution in [3.05, 3.63) is 71.5 Å². The van der Waals surface area contributed by atoms with Gasteiger partial charge in [0.1, 0.15) is 18.0 Å². The fraction of sp³-hybridized carbons (Fsp3) is 0.238. The van der Waals surface area contributed by atoms with Gasteiger partial charge in [-0.1, -0.05) is 35.9 Å². The van der Waals surface area contributed by atoms with Crippen LogP contribution in [0.4, 0.5) is 23.0 Å². The monoisotopic (exact) mass is 379 g/mol. The molecule has 0 aliphatic carbocycles. The van der Waals surface area contributed by atoms with E-state index >= 15 is 0 Å². The zero-order valence-corrected chi connectivity index (χ0v) is 16.0. The fourth-order valence-electron chi connectivity index (χ4n) is 3.30. The highest BCUT2D eigenvalue weighted by molar-refractivity contribution is 6.31. The Morgan fingerprint density at radius 2 is 1.63 bits per heavy atom. The Bertz CT molecular complexity index is 907. The molecule has 1 aliphatic heterocycles. The second kappa shape index (κ2) is 7.84. The van der Waals surface area contributed by atoms with Crippen molar-refractivity contribution in [3.8, 4) is 0 Å². The van der Waals surface area contributed by atoms with Crippen LogP contribution in [0.5, 0.6) is 0 Å². The number of aromatic nitrogens is 2. The smallest absolute Gasteiger partial charge is 0.135 e. The Balaban J connectivity index is 1.45. The predicted molar refractivity (Wildman–Crippen MR) is 112 cm³/mol. The van der Waals surface area contributed by atoms with Crippen LogP contribution >= 0.6 is 11.6 Å². The summed E-state index contributed by atoms with van der Waals surface area (Å²) in [6, 6.07) is 18.4. The first-order valence-corrected chi connectivity index (χ1v) is 9.47. The van der Waals surface area contributed by atoms with E-state index in [0.29, 0.717) is 0 Å². The van der Waals surface area contributed by atoms with Crippen molar-refractivity contribution in [2.45, 2.75) is 6.92 Å². The molecule has 27 heavy (non-hydrogen) atoms. The molecule has 1 aliphatic rings. The molecular formula is C21H22ClN5. The molecule has 138 valence electrons. The number of hydrogen-bond donors (Lipinski definition) is 1. The summed E-state index contributed by atoms with van der Waals surface area (Å²) in [5.74, 6) is 1.72. The van der Waals surface area contributed by atoms with Gasteiger partial charge in [0.05, 0.1) is 0 Å². The molecule has 5 nitrogen and oxygen atoms in total. The van der Waals surface area contributed by atoms with E-state index in [0.717, 1.165) is 54.1 Å². The van der Waals surface area contributed by atoms with Crippen molar-refractivity contribution in [2.75, 3.05) is 41.3 Å². The van der Waals surface area contributed by atoms with E-state index in [1.54, 1.807) is 6.33 Å². The van der Waals surface area contributed by atoms with Gasteiger partial charge >= 0.3 is 0 Å². The Kier molecular flexibility index (Phi) is 5.12. The third-order valence-electron chi connectivity index (χ3n) is 4.91. The van der Waals surface area contributed by atoms with Gasteiger partial charge in [0.2, 0.25) is 0 Å². The lowest BCUT2D eigenvalue weighted by Gasteiger charge is -2.36. The summed E-state index contributed by atoms with van der Waals surface area (Å²) >= 11 is 6.21. The second-order valence-corrected chi connectivity index (χ2v) is 7.02. The van der Waals surface area contributed by atoms with E-state index in [-0.39, 0.29) is 0 Å². The average Bonchev–Trinajstić information content (AvgIpc) is 2.72. The first-order valence-electron chi connectivity index (χ1n) is 9.10. The molecule has 0 amide bonds. The van der Waals surface area contributed by atoms with Gasteiger partial charge in [0.25, 0.3) is 0 Å². The minimum atomic E-state index is 0.742. The number of hydrogen-bond acceptors (Lipinski definition) is 5. The molecule has 4 rings (SSSR count). The normalized spacial score (nSPS) is 14.3. The lowest BCUT2D eigenvalue weighted by atomic mass is 10.2. The minimum absolute atomic E-state index is 0.742. The molecule has 0 atom stereocenters. The third kappa shape index (κ3) is 3.98. The van der Waals surface area contributed by atoms with Gasteiger partial charge in [0, 0.05) is 48.6 Å². The molecule has 1 N–H and O–H groups in total. The number of nitrogens with one attached hydrogen (secondary N) is 1. The highest BCUT2D eigenvalue weighted by atomic mass is 35.5. The van der Waals surface area contributed by atoms with Crippen LogP contribution in [0, 0.1) is 6.92 Å². The van der Waals surface area contributed by atoms with Crippen molar-refractivity contribution >= 4 is 34.6 Å². The number of rotatable bonds is 4. The summed E-state index contributed by atoms with van der Waals surface area (Å²) in [6.07, 6.45) is 1.61. The molecule has 0 spiro atoms. The molecule has 6 heteroatoms. The van der Waals surface area contributed by atoms with Gasteiger partial charge in [-0.05, 0) is 36.8 Å². The Labute approximate surface area is 164 Å². The molecule has 2 heterocycles. The van der Waals surface area contributed by atoms with Crippen LogP contribution in [0.1, 0.15) is 5.56 Å². The minimum Gasteiger partial charge on any atom is -0.368 e. The number of anilines is 4. The van der Waals surface area contributed by atoms with Gasteiger partial charge < -0.3 is 15.1 Å². The molecule has 0 unspecified atom stereocenters. The molecule has 1 aromatic heterocycles. The summed E-state index contributed by atoms with van der Waals surface area (Å²) < 4.78 is 0. The summed E-state index contributed by atoms with van der Waals surface area (Å²) in [6.45, 7) is 5.81. The van der Waals surface area contributed by atoms with E-state index in [4.69, 9.17) is 11.6 Å². The molecule has 0 saturated carbocycles. The fourth-order valence-corrected chi connectivity index (χ4v) is 3.48. The zero-order chi connectivity index (χ0) is 18.6. The highest BCUT2D eigenvalue weighted by Crippen LogP contribution is 2.26. The highest BCUT2D eigenvalue weighted by Gasteiger charge is 2.18. The molecule has 0 bridgehead atoms. The van der Waals surface area contributed by atoms with Gasteiger partial charge in [-0.25, -0.2) is 9.97 Å². The molecule has 3 aromatic rings. The van der Waals surface area contributed by atoms with Gasteiger partial charge in [-0.15, -0.1) is 0 Å². The lowest BCUT2D eigenvalue weighted by Crippen LogP contribution is -2.46. The van der Waals surface area contributed by atoms with Crippen molar-refractivity contribution in [2.24, 2.45) is 0 Å². The summed E-state index contributed by atoms with van der Waals surface area (Å²) in [7, 11) is 0. The number of nitrogens with zero attached hydrogens (tertiary/aromatic N) is 4. The van der Waals surface area contributed by atoms with Crippen LogP contribution in [0.3, 0.4) is 0 Å². The maximum atomic E-state index is 6.21. The number of piperazine rings is 1. The molecular weight excluding hydrogens is 358 g/mol. The van der Waals surface area contributed by atoms with Crippen LogP contribution in [0.15, 0.2) is 60.9 Å². The summed E-state index contributed by atoms with van der Waals surface area (Å²) in [5, 5.41) is 4.10. The van der Waals surface area contributed by atoms with Crippen LogP contribution in [-0.2, 0) is 0 Å². The largest absolute Gasteiger partial charge is 0.368 e. The lowest BCUT2D eigenvalue weighted by molar-refractivity contribution is 0.647.